The van der Waals surface area contributed by atoms with Gasteiger partial charge in [0.05, 0.1) is 27.7 Å². The number of amides is 5. The predicted octanol–water partition coefficient (Wildman–Crippen LogP) is 4.27. The zero-order valence-electron chi connectivity index (χ0n) is 29.7. The molecule has 2 aliphatic heterocycles. The highest BCUT2D eigenvalue weighted by Gasteiger charge is 2.62. The van der Waals surface area contributed by atoms with Crippen LogP contribution < -0.4 is 20.2 Å². The van der Waals surface area contributed by atoms with E-state index in [4.69, 9.17) is 19.4 Å². The van der Waals surface area contributed by atoms with E-state index in [9.17, 15) is 27.6 Å². The summed E-state index contributed by atoms with van der Waals surface area (Å²) in [4.78, 5) is 67.1. The van der Waals surface area contributed by atoms with Gasteiger partial charge in [-0.1, -0.05) is 30.4 Å². The van der Waals surface area contributed by atoms with E-state index >= 15 is 0 Å². The largest absolute Gasteiger partial charge is 0.471 e. The number of sulfonamides is 1. The molecule has 5 amide bonds. The maximum absolute atomic E-state index is 14.4. The van der Waals surface area contributed by atoms with Crippen LogP contribution in [0.5, 0.6) is 5.88 Å². The Morgan fingerprint density at radius 3 is 2.51 bits per heavy atom. The zero-order chi connectivity index (χ0) is 37.5. The normalized spacial score (nSPS) is 25.2. The smallest absolute Gasteiger partial charge is 0.426 e. The molecule has 2 aliphatic carbocycles. The van der Waals surface area contributed by atoms with Crippen LogP contribution >= 0.6 is 11.3 Å². The van der Waals surface area contributed by atoms with E-state index in [-0.39, 0.29) is 31.8 Å². The van der Waals surface area contributed by atoms with Crippen molar-refractivity contribution in [3.8, 4) is 16.5 Å². The lowest BCUT2D eigenvalue weighted by Crippen LogP contribution is -2.59. The molecule has 1 saturated heterocycles. The van der Waals surface area contributed by atoms with E-state index < -0.39 is 68.4 Å². The number of carbonyl (C=O) groups excluding carboxylic acids is 4. The molecule has 0 spiro atoms. The number of para-hydroxylation sites is 2. The van der Waals surface area contributed by atoms with Crippen molar-refractivity contribution in [2.45, 2.75) is 94.3 Å². The number of nitrogens with one attached hydrogen (secondary N) is 3. The third kappa shape index (κ3) is 8.10. The van der Waals surface area contributed by atoms with Crippen LogP contribution in [0.15, 0.2) is 53.9 Å². The first-order valence-electron chi connectivity index (χ1n) is 17.8. The van der Waals surface area contributed by atoms with E-state index in [1.807, 2.05) is 53.9 Å². The molecule has 53 heavy (non-hydrogen) atoms. The van der Waals surface area contributed by atoms with Gasteiger partial charge in [0.1, 0.15) is 29.0 Å². The van der Waals surface area contributed by atoms with E-state index in [0.29, 0.717) is 48.8 Å². The fourth-order valence-electron chi connectivity index (χ4n) is 6.67. The van der Waals surface area contributed by atoms with Crippen molar-refractivity contribution in [3.63, 3.8) is 0 Å². The minimum absolute atomic E-state index is 0.00875. The minimum Gasteiger partial charge on any atom is -0.471 e. The summed E-state index contributed by atoms with van der Waals surface area (Å²) in [6.07, 6.45) is 5.03. The van der Waals surface area contributed by atoms with Gasteiger partial charge < -0.3 is 19.7 Å². The molecule has 0 radical (unpaired) electrons. The van der Waals surface area contributed by atoms with Crippen LogP contribution in [0.3, 0.4) is 0 Å². The topological polar surface area (TPSA) is 189 Å². The standard InChI is InChI=1S/C36H43N7O8S2/c1-35(2,3)51-33(46)40-43-17-9-5-4-6-11-22-20-36(22,32(45)41-53(48,49)24-15-16-24)39-30(44)27-19-23(21-42(27)34(43)47)50-31-29(28-14-10-18-52-28)37-25-12-7-8-13-26(25)38-31/h6-8,10-14,18,22-24,27H,4-5,9,15-17,19-21H2,1-3H3,(H,39,44)(H,40,46)(H,41,45)/t22-,23-,27+,36-/m1/s1. The maximum Gasteiger partial charge on any atom is 0.426 e. The molecular weight excluding hydrogens is 723 g/mol. The molecule has 4 atom stereocenters. The third-order valence-electron chi connectivity index (χ3n) is 9.57. The van der Waals surface area contributed by atoms with Crippen LogP contribution in [0.4, 0.5) is 9.59 Å². The quantitative estimate of drug-likeness (QED) is 0.293. The van der Waals surface area contributed by atoms with Gasteiger partial charge >= 0.3 is 12.1 Å². The summed E-state index contributed by atoms with van der Waals surface area (Å²) < 4.78 is 39.8. The van der Waals surface area contributed by atoms with E-state index in [1.54, 1.807) is 20.8 Å². The average molecular weight is 766 g/mol. The van der Waals surface area contributed by atoms with Crippen molar-refractivity contribution in [1.29, 1.82) is 0 Å². The van der Waals surface area contributed by atoms with Crippen LogP contribution in [-0.2, 0) is 24.3 Å². The highest BCUT2D eigenvalue weighted by Crippen LogP contribution is 2.46. The second-order valence-electron chi connectivity index (χ2n) is 14.9. The van der Waals surface area contributed by atoms with Crippen LogP contribution in [-0.4, -0.2) is 93.9 Å². The second kappa shape index (κ2) is 14.2. The molecule has 2 saturated carbocycles. The molecule has 2 aromatic heterocycles. The fourth-order valence-corrected chi connectivity index (χ4v) is 8.73. The lowest BCUT2D eigenvalue weighted by atomic mass is 10.1. The molecule has 1 aromatic carbocycles. The average Bonchev–Trinajstić information content (AvgIpc) is 3.96. The summed E-state index contributed by atoms with van der Waals surface area (Å²) in [5.74, 6) is -1.67. The molecular formula is C36H43N7O8S2. The number of thiophene rings is 1. The van der Waals surface area contributed by atoms with E-state index in [0.717, 1.165) is 9.89 Å². The van der Waals surface area contributed by atoms with Gasteiger partial charge in [0.15, 0.2) is 0 Å². The van der Waals surface area contributed by atoms with Gasteiger partial charge in [0.25, 0.3) is 5.91 Å². The number of aromatic nitrogens is 2. The molecule has 3 fully saturated rings. The first kappa shape index (κ1) is 36.6. The van der Waals surface area contributed by atoms with Crippen molar-refractivity contribution in [2.75, 3.05) is 13.1 Å². The number of allylic oxidation sites excluding steroid dienone is 1. The first-order chi connectivity index (χ1) is 25.2. The number of ether oxygens (including phenoxy) is 2. The van der Waals surface area contributed by atoms with Crippen LogP contribution in [0.2, 0.25) is 0 Å². The summed E-state index contributed by atoms with van der Waals surface area (Å²) in [5, 5.41) is 5.28. The molecule has 0 bridgehead atoms. The van der Waals surface area contributed by atoms with Gasteiger partial charge in [-0.2, -0.15) is 0 Å². The fraction of sp³-hybridized carbons (Fsp3) is 0.500. The Bertz CT molecular complexity index is 2050. The number of hydrogen-bond acceptors (Lipinski definition) is 11. The Labute approximate surface area is 311 Å². The van der Waals surface area contributed by atoms with E-state index in [1.165, 1.54) is 16.2 Å². The summed E-state index contributed by atoms with van der Waals surface area (Å²) in [5.41, 5.74) is 2.00. The number of nitrogens with zero attached hydrogens (tertiary/aromatic N) is 4. The highest BCUT2D eigenvalue weighted by molar-refractivity contribution is 7.91. The van der Waals surface area contributed by atoms with Crippen molar-refractivity contribution >= 4 is 56.3 Å². The number of fused-ring (bicyclic) bond motifs is 3. The molecule has 17 heteroatoms. The molecule has 7 rings (SSSR count). The summed E-state index contributed by atoms with van der Waals surface area (Å²) in [7, 11) is -3.90. The maximum atomic E-state index is 14.4. The molecule has 4 heterocycles. The molecule has 15 nitrogen and oxygen atoms in total. The number of hydrogen-bond donors (Lipinski definition) is 3. The summed E-state index contributed by atoms with van der Waals surface area (Å²) in [6.45, 7) is 5.19. The second-order valence-corrected chi connectivity index (χ2v) is 17.8. The van der Waals surface area contributed by atoms with Gasteiger partial charge in [0.2, 0.25) is 21.8 Å². The minimum atomic E-state index is -3.90. The summed E-state index contributed by atoms with van der Waals surface area (Å²) in [6, 6.07) is 9.34. The Balaban J connectivity index is 1.21. The lowest BCUT2D eigenvalue weighted by Gasteiger charge is -2.32. The van der Waals surface area contributed by atoms with Gasteiger partial charge in [0, 0.05) is 18.9 Å². The summed E-state index contributed by atoms with van der Waals surface area (Å²) >= 11 is 1.47. The monoisotopic (exact) mass is 765 g/mol. The number of rotatable bonds is 7. The lowest BCUT2D eigenvalue weighted by molar-refractivity contribution is -0.131. The molecule has 282 valence electrons. The van der Waals surface area contributed by atoms with Crippen molar-refractivity contribution in [3.05, 3.63) is 53.9 Å². The molecule has 0 unspecified atom stereocenters. The van der Waals surface area contributed by atoms with Crippen LogP contribution in [0, 0.1) is 5.92 Å². The molecule has 3 aromatic rings. The predicted molar refractivity (Wildman–Crippen MR) is 196 cm³/mol. The Morgan fingerprint density at radius 1 is 1.06 bits per heavy atom. The van der Waals surface area contributed by atoms with Crippen LogP contribution in [0.25, 0.3) is 21.6 Å². The number of urea groups is 1. The van der Waals surface area contributed by atoms with Crippen molar-refractivity contribution < 1.29 is 37.1 Å². The highest BCUT2D eigenvalue weighted by atomic mass is 32.2. The number of hydrazine groups is 1. The van der Waals surface area contributed by atoms with Gasteiger partial charge in [-0.05, 0) is 82.9 Å². The number of carbonyl (C=O) groups is 4. The zero-order valence-corrected chi connectivity index (χ0v) is 31.4. The third-order valence-corrected chi connectivity index (χ3v) is 12.3. The van der Waals surface area contributed by atoms with Crippen molar-refractivity contribution in [2.24, 2.45) is 5.92 Å². The molecule has 3 N–H and O–H groups in total. The first-order valence-corrected chi connectivity index (χ1v) is 20.2. The molecule has 4 aliphatic rings. The Kier molecular flexibility index (Phi) is 9.82. The number of benzene rings is 1. The van der Waals surface area contributed by atoms with E-state index in [2.05, 4.69) is 15.5 Å². The van der Waals surface area contributed by atoms with Gasteiger partial charge in [-0.25, -0.2) is 38.4 Å². The SMILES string of the molecule is CC(C)(C)OC(=O)NN1CCCCC=C[C@@H]2C[C@@]2(C(=O)NS(=O)(=O)C2CC2)NC(=O)[C@@H]2C[C@@H](Oc3nc4ccccc4nc3-c3cccs3)CN2C1=O. The van der Waals surface area contributed by atoms with Crippen molar-refractivity contribution in [1.82, 2.24) is 35.3 Å². The Morgan fingerprint density at radius 2 is 1.81 bits per heavy atom. The van der Waals surface area contributed by atoms with Gasteiger partial charge in [-0.15, -0.1) is 11.3 Å². The van der Waals surface area contributed by atoms with Crippen LogP contribution in [0.1, 0.15) is 65.7 Å². The Hall–Kier alpha value is -4.77. The van der Waals surface area contributed by atoms with Gasteiger partial charge in [-0.3, -0.25) is 14.3 Å².